The Morgan fingerprint density at radius 1 is 1.19 bits per heavy atom. The molecule has 0 saturated carbocycles. The van der Waals surface area contributed by atoms with Gasteiger partial charge in [0.15, 0.2) is 0 Å². The summed E-state index contributed by atoms with van der Waals surface area (Å²) in [5.74, 6) is 0. The van der Waals surface area contributed by atoms with E-state index in [9.17, 15) is 4.79 Å². The number of piperidine rings is 2. The van der Waals surface area contributed by atoms with E-state index in [0.29, 0.717) is 5.41 Å². The minimum atomic E-state index is 0.0457. The van der Waals surface area contributed by atoms with E-state index in [1.165, 1.54) is 18.4 Å². The van der Waals surface area contributed by atoms with E-state index in [2.05, 4.69) is 10.6 Å². The molecule has 4 nitrogen and oxygen atoms in total. The first kappa shape index (κ1) is 14.4. The zero-order chi connectivity index (χ0) is 14.7. The largest absolute Gasteiger partial charge is 0.324 e. The second kappa shape index (κ2) is 6.06. The highest BCUT2D eigenvalue weighted by Crippen LogP contribution is 2.39. The van der Waals surface area contributed by atoms with Crippen LogP contribution in [0.2, 0.25) is 0 Å². The molecule has 1 aromatic carbocycles. The molecule has 2 N–H and O–H groups in total. The van der Waals surface area contributed by atoms with Crippen LogP contribution in [0, 0.1) is 12.3 Å². The molecule has 1 aromatic rings. The first-order chi connectivity index (χ1) is 10.2. The molecule has 4 heteroatoms. The molecule has 3 rings (SSSR count). The lowest BCUT2D eigenvalue weighted by Gasteiger charge is -2.44. The number of benzene rings is 1. The van der Waals surface area contributed by atoms with Crippen molar-refractivity contribution in [3.63, 3.8) is 0 Å². The van der Waals surface area contributed by atoms with Crippen LogP contribution in [0.4, 0.5) is 10.5 Å². The zero-order valence-corrected chi connectivity index (χ0v) is 12.8. The lowest BCUT2D eigenvalue weighted by Crippen LogP contribution is -2.48. The maximum atomic E-state index is 12.4. The maximum Gasteiger partial charge on any atom is 0.321 e. The number of urea groups is 1. The molecular formula is C17H25N3O. The summed E-state index contributed by atoms with van der Waals surface area (Å²) in [6, 6.07) is 8.02. The van der Waals surface area contributed by atoms with Crippen molar-refractivity contribution in [2.75, 3.05) is 31.5 Å². The highest BCUT2D eigenvalue weighted by molar-refractivity contribution is 5.89. The standard InChI is InChI=1S/C17H25N3O/c1-14-3-2-4-15(13-14)19-16(21)20-11-7-17(8-12-20)5-9-18-10-6-17/h2-4,13,18H,5-12H2,1H3,(H,19,21). The zero-order valence-electron chi connectivity index (χ0n) is 12.8. The van der Waals surface area contributed by atoms with Crippen LogP contribution < -0.4 is 10.6 Å². The minimum absolute atomic E-state index is 0.0457. The van der Waals surface area contributed by atoms with E-state index in [-0.39, 0.29) is 6.03 Å². The third-order valence-corrected chi connectivity index (χ3v) is 5.04. The predicted molar refractivity (Wildman–Crippen MR) is 85.5 cm³/mol. The molecule has 0 atom stereocenters. The molecule has 2 heterocycles. The first-order valence-electron chi connectivity index (χ1n) is 8.00. The monoisotopic (exact) mass is 287 g/mol. The molecule has 1 spiro atoms. The fraction of sp³-hybridized carbons (Fsp3) is 0.588. The van der Waals surface area contributed by atoms with Gasteiger partial charge in [0, 0.05) is 18.8 Å². The highest BCUT2D eigenvalue weighted by Gasteiger charge is 2.36. The fourth-order valence-corrected chi connectivity index (χ4v) is 3.57. The summed E-state index contributed by atoms with van der Waals surface area (Å²) < 4.78 is 0. The van der Waals surface area contributed by atoms with Gasteiger partial charge < -0.3 is 15.5 Å². The number of hydrogen-bond acceptors (Lipinski definition) is 2. The second-order valence-corrected chi connectivity index (χ2v) is 6.54. The molecule has 2 fully saturated rings. The summed E-state index contributed by atoms with van der Waals surface area (Å²) in [6.07, 6.45) is 4.83. The Balaban J connectivity index is 1.55. The quantitative estimate of drug-likeness (QED) is 0.834. The fourth-order valence-electron chi connectivity index (χ4n) is 3.57. The predicted octanol–water partition coefficient (Wildman–Crippen LogP) is 2.99. The number of aryl methyl sites for hydroxylation is 1. The molecule has 114 valence electrons. The SMILES string of the molecule is Cc1cccc(NC(=O)N2CCC3(CCNCC3)CC2)c1. The number of nitrogens with zero attached hydrogens (tertiary/aromatic N) is 1. The van der Waals surface area contributed by atoms with Gasteiger partial charge in [-0.05, 0) is 68.8 Å². The number of likely N-dealkylation sites (tertiary alicyclic amines) is 1. The van der Waals surface area contributed by atoms with Gasteiger partial charge in [-0.2, -0.15) is 0 Å². The summed E-state index contributed by atoms with van der Waals surface area (Å²) in [5, 5.41) is 6.45. The normalized spacial score (nSPS) is 21.3. The molecule has 2 aliphatic rings. The third kappa shape index (κ3) is 3.38. The van der Waals surface area contributed by atoms with Crippen LogP contribution in [0.1, 0.15) is 31.2 Å². The van der Waals surface area contributed by atoms with E-state index >= 15 is 0 Å². The lowest BCUT2D eigenvalue weighted by atomic mass is 9.72. The van der Waals surface area contributed by atoms with Crippen molar-refractivity contribution in [3.05, 3.63) is 29.8 Å². The van der Waals surface area contributed by atoms with Crippen LogP contribution in [0.3, 0.4) is 0 Å². The Hall–Kier alpha value is -1.55. The summed E-state index contributed by atoms with van der Waals surface area (Å²) in [4.78, 5) is 14.3. The Labute approximate surface area is 126 Å². The number of carbonyl (C=O) groups is 1. The van der Waals surface area contributed by atoms with Crippen LogP contribution in [0.25, 0.3) is 0 Å². The van der Waals surface area contributed by atoms with E-state index in [0.717, 1.165) is 44.7 Å². The van der Waals surface area contributed by atoms with Gasteiger partial charge in [0.2, 0.25) is 0 Å². The summed E-state index contributed by atoms with van der Waals surface area (Å²) in [6.45, 7) is 6.08. The van der Waals surface area contributed by atoms with Gasteiger partial charge >= 0.3 is 6.03 Å². The van der Waals surface area contributed by atoms with Gasteiger partial charge in [0.1, 0.15) is 0 Å². The smallest absolute Gasteiger partial charge is 0.321 e. The molecule has 2 amide bonds. The van der Waals surface area contributed by atoms with Crippen LogP contribution >= 0.6 is 0 Å². The Morgan fingerprint density at radius 2 is 1.90 bits per heavy atom. The van der Waals surface area contributed by atoms with E-state index in [4.69, 9.17) is 0 Å². The van der Waals surface area contributed by atoms with Crippen molar-refractivity contribution in [2.45, 2.75) is 32.6 Å². The number of carbonyl (C=O) groups excluding carboxylic acids is 1. The summed E-state index contributed by atoms with van der Waals surface area (Å²) in [5.41, 5.74) is 2.55. The average Bonchev–Trinajstić information content (AvgIpc) is 2.49. The maximum absolute atomic E-state index is 12.4. The molecule has 0 unspecified atom stereocenters. The number of rotatable bonds is 1. The molecule has 0 aromatic heterocycles. The topological polar surface area (TPSA) is 44.4 Å². The van der Waals surface area contributed by atoms with E-state index in [1.807, 2.05) is 36.1 Å². The van der Waals surface area contributed by atoms with E-state index < -0.39 is 0 Å². The molecule has 0 aliphatic carbocycles. The second-order valence-electron chi connectivity index (χ2n) is 6.54. The van der Waals surface area contributed by atoms with Crippen molar-refractivity contribution < 1.29 is 4.79 Å². The van der Waals surface area contributed by atoms with Gasteiger partial charge in [-0.1, -0.05) is 12.1 Å². The lowest BCUT2D eigenvalue weighted by molar-refractivity contribution is 0.0915. The first-order valence-corrected chi connectivity index (χ1v) is 8.00. The number of anilines is 1. The molecule has 21 heavy (non-hydrogen) atoms. The van der Waals surface area contributed by atoms with Crippen molar-refractivity contribution in [2.24, 2.45) is 5.41 Å². The Bertz CT molecular complexity index is 499. The molecule has 2 saturated heterocycles. The van der Waals surface area contributed by atoms with Crippen LogP contribution in [0.5, 0.6) is 0 Å². The van der Waals surface area contributed by atoms with Crippen LogP contribution in [-0.2, 0) is 0 Å². The average molecular weight is 287 g/mol. The van der Waals surface area contributed by atoms with Gasteiger partial charge in [-0.3, -0.25) is 0 Å². The highest BCUT2D eigenvalue weighted by atomic mass is 16.2. The molecule has 2 aliphatic heterocycles. The van der Waals surface area contributed by atoms with Crippen LogP contribution in [-0.4, -0.2) is 37.1 Å². The van der Waals surface area contributed by atoms with Crippen molar-refractivity contribution in [1.82, 2.24) is 10.2 Å². The Kier molecular flexibility index (Phi) is 4.15. The number of hydrogen-bond donors (Lipinski definition) is 2. The van der Waals surface area contributed by atoms with Crippen molar-refractivity contribution in [3.8, 4) is 0 Å². The number of nitrogens with one attached hydrogen (secondary N) is 2. The van der Waals surface area contributed by atoms with Crippen LogP contribution in [0.15, 0.2) is 24.3 Å². The van der Waals surface area contributed by atoms with Gasteiger partial charge in [-0.15, -0.1) is 0 Å². The minimum Gasteiger partial charge on any atom is -0.324 e. The Morgan fingerprint density at radius 3 is 2.57 bits per heavy atom. The molecular weight excluding hydrogens is 262 g/mol. The summed E-state index contributed by atoms with van der Waals surface area (Å²) in [7, 11) is 0. The van der Waals surface area contributed by atoms with Crippen molar-refractivity contribution >= 4 is 11.7 Å². The number of amides is 2. The van der Waals surface area contributed by atoms with E-state index in [1.54, 1.807) is 0 Å². The third-order valence-electron chi connectivity index (χ3n) is 5.04. The van der Waals surface area contributed by atoms with Crippen molar-refractivity contribution in [1.29, 1.82) is 0 Å². The van der Waals surface area contributed by atoms with Gasteiger partial charge in [0.05, 0.1) is 0 Å². The molecule has 0 radical (unpaired) electrons. The molecule has 0 bridgehead atoms. The summed E-state index contributed by atoms with van der Waals surface area (Å²) >= 11 is 0. The van der Waals surface area contributed by atoms with Gasteiger partial charge in [0.25, 0.3) is 0 Å². The van der Waals surface area contributed by atoms with Gasteiger partial charge in [-0.25, -0.2) is 4.79 Å².